The fourth-order valence-corrected chi connectivity index (χ4v) is 3.22. The Kier molecular flexibility index (Phi) is 3.77. The summed E-state index contributed by atoms with van der Waals surface area (Å²) in [6.07, 6.45) is 1.67. The van der Waals surface area contributed by atoms with Gasteiger partial charge in [0.25, 0.3) is 0 Å². The minimum Gasteiger partial charge on any atom is -0.240 e. The van der Waals surface area contributed by atoms with Crippen molar-refractivity contribution in [2.45, 2.75) is 31.5 Å². The van der Waals surface area contributed by atoms with Gasteiger partial charge < -0.3 is 0 Å². The first-order valence-electron chi connectivity index (χ1n) is 5.95. The number of halogens is 1. The van der Waals surface area contributed by atoms with Crippen molar-refractivity contribution < 1.29 is 0 Å². The molecule has 3 heteroatoms. The van der Waals surface area contributed by atoms with E-state index in [1.54, 1.807) is 6.33 Å². The number of nitrogens with zero attached hydrogens (tertiary/aromatic N) is 2. The van der Waals surface area contributed by atoms with Gasteiger partial charge in [-0.05, 0) is 12.0 Å². The van der Waals surface area contributed by atoms with Crippen LogP contribution >= 0.6 is 15.9 Å². The first-order chi connectivity index (χ1) is 8.11. The second kappa shape index (κ2) is 5.13. The van der Waals surface area contributed by atoms with Crippen LogP contribution in [-0.4, -0.2) is 14.8 Å². The molecule has 0 aliphatic rings. The third-order valence-electron chi connectivity index (χ3n) is 3.10. The summed E-state index contributed by atoms with van der Waals surface area (Å²) in [5.41, 5.74) is 2.17. The van der Waals surface area contributed by atoms with Crippen molar-refractivity contribution in [3.63, 3.8) is 0 Å². The molecule has 0 aliphatic heterocycles. The molecule has 2 nitrogen and oxygen atoms in total. The molecular weight excluding hydrogens is 276 g/mol. The molecule has 2 unspecified atom stereocenters. The van der Waals surface area contributed by atoms with Gasteiger partial charge in [-0.25, -0.2) is 9.97 Å². The van der Waals surface area contributed by atoms with Crippen molar-refractivity contribution in [3.05, 3.63) is 36.3 Å². The van der Waals surface area contributed by atoms with Gasteiger partial charge in [0.15, 0.2) is 0 Å². The van der Waals surface area contributed by atoms with Crippen molar-refractivity contribution in [2.24, 2.45) is 5.92 Å². The molecule has 0 N–H and O–H groups in total. The van der Waals surface area contributed by atoms with Crippen LogP contribution in [0.2, 0.25) is 0 Å². The van der Waals surface area contributed by atoms with Crippen LogP contribution < -0.4 is 0 Å². The molecule has 0 amide bonds. The molecule has 0 saturated carbocycles. The van der Waals surface area contributed by atoms with Crippen LogP contribution in [0, 0.1) is 5.92 Å². The fourth-order valence-electron chi connectivity index (χ4n) is 2.35. The molecule has 1 heterocycles. The van der Waals surface area contributed by atoms with E-state index in [1.165, 1.54) is 5.39 Å². The lowest BCUT2D eigenvalue weighted by molar-refractivity contribution is 0.491. The van der Waals surface area contributed by atoms with Gasteiger partial charge in [-0.15, -0.1) is 0 Å². The number of hydrogen-bond donors (Lipinski definition) is 0. The number of aromatic nitrogens is 2. The molecule has 1 aromatic carbocycles. The predicted octanol–water partition coefficient (Wildman–Crippen LogP) is 4.15. The minimum atomic E-state index is 0.404. The Labute approximate surface area is 111 Å². The van der Waals surface area contributed by atoms with E-state index in [0.717, 1.165) is 11.2 Å². The lowest BCUT2D eigenvalue weighted by Crippen LogP contribution is -2.17. The van der Waals surface area contributed by atoms with E-state index in [0.29, 0.717) is 16.7 Å². The van der Waals surface area contributed by atoms with Crippen LogP contribution in [0.3, 0.4) is 0 Å². The smallest absolute Gasteiger partial charge is 0.116 e. The van der Waals surface area contributed by atoms with Crippen molar-refractivity contribution >= 4 is 26.8 Å². The molecule has 17 heavy (non-hydrogen) atoms. The molecule has 0 spiro atoms. The van der Waals surface area contributed by atoms with Crippen LogP contribution in [0.4, 0.5) is 0 Å². The normalized spacial score (nSPS) is 15.1. The highest BCUT2D eigenvalue weighted by Gasteiger charge is 2.24. The Balaban J connectivity index is 2.61. The molecule has 0 fully saturated rings. The monoisotopic (exact) mass is 292 g/mol. The molecule has 0 saturated heterocycles. The van der Waals surface area contributed by atoms with Gasteiger partial charge >= 0.3 is 0 Å². The molecule has 0 aliphatic carbocycles. The standard InChI is InChI=1S/C14H17BrN2/c1-9(2)13(10(3)15)14-11-6-4-5-7-12(11)16-8-17-14/h4-10,13H,1-3H3. The SMILES string of the molecule is CC(C)C(c1ncnc2ccccc12)C(C)Br. The topological polar surface area (TPSA) is 25.8 Å². The van der Waals surface area contributed by atoms with E-state index in [1.807, 2.05) is 18.2 Å². The van der Waals surface area contributed by atoms with Gasteiger partial charge in [0.1, 0.15) is 6.33 Å². The van der Waals surface area contributed by atoms with Crippen molar-refractivity contribution in [1.29, 1.82) is 0 Å². The van der Waals surface area contributed by atoms with Gasteiger partial charge in [0.05, 0.1) is 11.2 Å². The summed E-state index contributed by atoms with van der Waals surface area (Å²) in [5, 5.41) is 1.17. The minimum absolute atomic E-state index is 0.404. The number of para-hydroxylation sites is 1. The van der Waals surface area contributed by atoms with Gasteiger partial charge in [-0.3, -0.25) is 0 Å². The lowest BCUT2D eigenvalue weighted by Gasteiger charge is -2.24. The molecule has 1 aromatic heterocycles. The molecule has 2 rings (SSSR count). The van der Waals surface area contributed by atoms with Gasteiger partial charge in [-0.1, -0.05) is 54.9 Å². The average molecular weight is 293 g/mol. The summed E-state index contributed by atoms with van der Waals surface area (Å²) in [5.74, 6) is 0.950. The number of rotatable bonds is 3. The highest BCUT2D eigenvalue weighted by Crippen LogP contribution is 2.34. The van der Waals surface area contributed by atoms with Gasteiger partial charge in [-0.2, -0.15) is 0 Å². The number of benzene rings is 1. The Bertz CT molecular complexity index is 495. The molecule has 2 aromatic rings. The van der Waals surface area contributed by atoms with E-state index >= 15 is 0 Å². The maximum Gasteiger partial charge on any atom is 0.116 e. The van der Waals surface area contributed by atoms with E-state index in [9.17, 15) is 0 Å². The van der Waals surface area contributed by atoms with E-state index < -0.39 is 0 Å². The molecule has 0 bridgehead atoms. The van der Waals surface area contributed by atoms with Crippen LogP contribution in [0.25, 0.3) is 10.9 Å². The third kappa shape index (κ3) is 2.49. The summed E-state index contributed by atoms with van der Waals surface area (Å²) in [7, 11) is 0. The van der Waals surface area contributed by atoms with E-state index in [-0.39, 0.29) is 0 Å². The Morgan fingerprint density at radius 3 is 2.41 bits per heavy atom. The molecule has 0 radical (unpaired) electrons. The summed E-state index contributed by atoms with van der Waals surface area (Å²) < 4.78 is 0. The highest BCUT2D eigenvalue weighted by atomic mass is 79.9. The number of fused-ring (bicyclic) bond motifs is 1. The fraction of sp³-hybridized carbons (Fsp3) is 0.429. The number of hydrogen-bond acceptors (Lipinski definition) is 2. The largest absolute Gasteiger partial charge is 0.240 e. The van der Waals surface area contributed by atoms with Gasteiger partial charge in [0, 0.05) is 16.1 Å². The van der Waals surface area contributed by atoms with Crippen LogP contribution in [-0.2, 0) is 0 Å². The molecular formula is C14H17BrN2. The summed E-state index contributed by atoms with van der Waals surface area (Å²) in [4.78, 5) is 9.23. The Morgan fingerprint density at radius 2 is 1.76 bits per heavy atom. The highest BCUT2D eigenvalue weighted by molar-refractivity contribution is 9.09. The third-order valence-corrected chi connectivity index (χ3v) is 3.67. The first kappa shape index (κ1) is 12.5. The summed E-state index contributed by atoms with van der Waals surface area (Å²) >= 11 is 3.70. The molecule has 2 atom stereocenters. The predicted molar refractivity (Wildman–Crippen MR) is 75.5 cm³/mol. The quantitative estimate of drug-likeness (QED) is 0.794. The van der Waals surface area contributed by atoms with E-state index in [2.05, 4.69) is 52.7 Å². The Morgan fingerprint density at radius 1 is 1.06 bits per heavy atom. The summed E-state index contributed by atoms with van der Waals surface area (Å²) in [6.45, 7) is 6.65. The maximum atomic E-state index is 4.51. The van der Waals surface area contributed by atoms with Crippen LogP contribution in [0.5, 0.6) is 0 Å². The first-order valence-corrected chi connectivity index (χ1v) is 6.86. The zero-order valence-corrected chi connectivity index (χ0v) is 12.0. The van der Waals surface area contributed by atoms with Crippen molar-refractivity contribution in [3.8, 4) is 0 Å². The number of alkyl halides is 1. The lowest BCUT2D eigenvalue weighted by atomic mass is 9.88. The maximum absolute atomic E-state index is 4.51. The van der Waals surface area contributed by atoms with Crippen molar-refractivity contribution in [1.82, 2.24) is 9.97 Å². The summed E-state index contributed by atoms with van der Waals surface area (Å²) in [6, 6.07) is 8.21. The van der Waals surface area contributed by atoms with Gasteiger partial charge in [0.2, 0.25) is 0 Å². The van der Waals surface area contributed by atoms with E-state index in [4.69, 9.17) is 0 Å². The zero-order valence-electron chi connectivity index (χ0n) is 10.4. The van der Waals surface area contributed by atoms with Crippen LogP contribution in [0.1, 0.15) is 32.4 Å². The zero-order chi connectivity index (χ0) is 12.4. The second-order valence-electron chi connectivity index (χ2n) is 4.72. The Hall–Kier alpha value is -0.960. The van der Waals surface area contributed by atoms with Crippen LogP contribution in [0.15, 0.2) is 30.6 Å². The van der Waals surface area contributed by atoms with Crippen molar-refractivity contribution in [2.75, 3.05) is 0 Å². The average Bonchev–Trinajstić information content (AvgIpc) is 2.28. The second-order valence-corrected chi connectivity index (χ2v) is 6.17. The molecule has 90 valence electrons.